The van der Waals surface area contributed by atoms with Gasteiger partial charge in [0.15, 0.2) is 0 Å². The number of nitrogens with one attached hydrogen (secondary N) is 1. The predicted octanol–water partition coefficient (Wildman–Crippen LogP) is 2.45. The minimum absolute atomic E-state index is 0.154. The first-order valence-corrected chi connectivity index (χ1v) is 6.07. The summed E-state index contributed by atoms with van der Waals surface area (Å²) in [5.74, 6) is 0.0828. The third-order valence-corrected chi connectivity index (χ3v) is 3.34. The molecule has 0 aromatic carbocycles. The summed E-state index contributed by atoms with van der Waals surface area (Å²) in [6, 6.07) is 4.34. The van der Waals surface area contributed by atoms with Crippen LogP contribution in [0, 0.1) is 12.8 Å². The van der Waals surface area contributed by atoms with Crippen LogP contribution in [0.1, 0.15) is 31.2 Å². The summed E-state index contributed by atoms with van der Waals surface area (Å²) in [6.07, 6.45) is 5.14. The van der Waals surface area contributed by atoms with Crippen LogP contribution >= 0.6 is 0 Å². The van der Waals surface area contributed by atoms with Gasteiger partial charge in [-0.1, -0.05) is 0 Å². The highest BCUT2D eigenvalue weighted by atomic mass is 16.4. The molecule has 0 spiro atoms. The first kappa shape index (κ1) is 11.9. The Bertz CT molecular complexity index is 398. The van der Waals surface area contributed by atoms with Crippen LogP contribution in [-0.4, -0.2) is 22.1 Å². The van der Waals surface area contributed by atoms with Gasteiger partial charge in [0, 0.05) is 12.2 Å². The second-order valence-electron chi connectivity index (χ2n) is 4.75. The highest BCUT2D eigenvalue weighted by molar-refractivity contribution is 5.70. The molecule has 1 aromatic heterocycles. The predicted molar refractivity (Wildman–Crippen MR) is 66.0 cm³/mol. The lowest BCUT2D eigenvalue weighted by Gasteiger charge is -2.27. The summed E-state index contributed by atoms with van der Waals surface area (Å²) >= 11 is 0. The molecule has 1 aromatic rings. The number of carboxylic acid groups (broad SMARTS) is 1. The van der Waals surface area contributed by atoms with Crippen molar-refractivity contribution in [1.82, 2.24) is 4.98 Å². The minimum atomic E-state index is -0.655. The van der Waals surface area contributed by atoms with Crippen LogP contribution in [0.3, 0.4) is 0 Å². The van der Waals surface area contributed by atoms with Crippen molar-refractivity contribution in [2.24, 2.45) is 5.92 Å². The van der Waals surface area contributed by atoms with Crippen molar-refractivity contribution >= 4 is 11.8 Å². The number of carboxylic acids is 1. The molecule has 1 aliphatic carbocycles. The molecule has 1 saturated carbocycles. The number of carbonyl (C=O) groups is 1. The maximum absolute atomic E-state index is 10.8. The van der Waals surface area contributed by atoms with Gasteiger partial charge in [0.05, 0.1) is 5.92 Å². The lowest BCUT2D eigenvalue weighted by Crippen LogP contribution is -2.29. The van der Waals surface area contributed by atoms with Crippen LogP contribution in [0.5, 0.6) is 0 Å². The van der Waals surface area contributed by atoms with Gasteiger partial charge in [0.2, 0.25) is 0 Å². The zero-order chi connectivity index (χ0) is 12.3. The van der Waals surface area contributed by atoms with Gasteiger partial charge in [-0.15, -0.1) is 0 Å². The standard InChI is InChI=1S/C13H18N2O2/c1-9-6-7-14-12(8-9)15-11-4-2-10(3-5-11)13(16)17/h6-8,10-11H,2-5H2,1H3,(H,14,15)(H,16,17). The molecule has 0 amide bonds. The zero-order valence-corrected chi connectivity index (χ0v) is 10.0. The van der Waals surface area contributed by atoms with Crippen molar-refractivity contribution in [3.8, 4) is 0 Å². The molecule has 1 fully saturated rings. The Hall–Kier alpha value is -1.58. The smallest absolute Gasteiger partial charge is 0.306 e. The second kappa shape index (κ2) is 5.17. The van der Waals surface area contributed by atoms with Gasteiger partial charge >= 0.3 is 5.97 Å². The van der Waals surface area contributed by atoms with Gasteiger partial charge in [-0.25, -0.2) is 4.98 Å². The van der Waals surface area contributed by atoms with Crippen molar-refractivity contribution in [2.75, 3.05) is 5.32 Å². The zero-order valence-electron chi connectivity index (χ0n) is 10.0. The summed E-state index contributed by atoms with van der Waals surface area (Å²) < 4.78 is 0. The van der Waals surface area contributed by atoms with Crippen LogP contribution in [0.4, 0.5) is 5.82 Å². The van der Waals surface area contributed by atoms with E-state index >= 15 is 0 Å². The maximum atomic E-state index is 10.8. The number of anilines is 1. The largest absolute Gasteiger partial charge is 0.481 e. The van der Waals surface area contributed by atoms with E-state index in [4.69, 9.17) is 5.11 Å². The highest BCUT2D eigenvalue weighted by Crippen LogP contribution is 2.26. The number of nitrogens with zero attached hydrogens (tertiary/aromatic N) is 1. The Morgan fingerprint density at radius 2 is 2.12 bits per heavy atom. The summed E-state index contributed by atoms with van der Waals surface area (Å²) in [5.41, 5.74) is 1.18. The fourth-order valence-corrected chi connectivity index (χ4v) is 2.31. The van der Waals surface area contributed by atoms with Gasteiger partial charge in [-0.05, 0) is 50.3 Å². The van der Waals surface area contributed by atoms with Crippen LogP contribution in [0.15, 0.2) is 18.3 Å². The number of aryl methyl sites for hydroxylation is 1. The van der Waals surface area contributed by atoms with E-state index in [9.17, 15) is 4.79 Å². The van der Waals surface area contributed by atoms with Crippen LogP contribution in [0.2, 0.25) is 0 Å². The van der Waals surface area contributed by atoms with E-state index < -0.39 is 5.97 Å². The first-order chi connectivity index (χ1) is 8.15. The van der Waals surface area contributed by atoms with Crippen molar-refractivity contribution < 1.29 is 9.90 Å². The molecule has 17 heavy (non-hydrogen) atoms. The molecule has 4 heteroatoms. The number of rotatable bonds is 3. The van der Waals surface area contributed by atoms with Gasteiger partial charge in [0.1, 0.15) is 5.82 Å². The molecule has 2 N–H and O–H groups in total. The molecule has 4 nitrogen and oxygen atoms in total. The van der Waals surface area contributed by atoms with Gasteiger partial charge in [-0.2, -0.15) is 0 Å². The SMILES string of the molecule is Cc1ccnc(NC2CCC(C(=O)O)CC2)c1. The molecular weight excluding hydrogens is 216 g/mol. The third-order valence-electron chi connectivity index (χ3n) is 3.34. The Kier molecular flexibility index (Phi) is 3.61. The maximum Gasteiger partial charge on any atom is 0.306 e. The first-order valence-electron chi connectivity index (χ1n) is 6.07. The summed E-state index contributed by atoms with van der Waals surface area (Å²) in [5, 5.41) is 12.3. The summed E-state index contributed by atoms with van der Waals surface area (Å²) in [4.78, 5) is 15.1. The molecular formula is C13H18N2O2. The Morgan fingerprint density at radius 1 is 1.41 bits per heavy atom. The molecule has 0 saturated heterocycles. The quantitative estimate of drug-likeness (QED) is 0.843. The van der Waals surface area contributed by atoms with Crippen LogP contribution < -0.4 is 5.32 Å². The topological polar surface area (TPSA) is 62.2 Å². The summed E-state index contributed by atoms with van der Waals surface area (Å²) in [6.45, 7) is 2.04. The van der Waals surface area contributed by atoms with E-state index in [1.165, 1.54) is 5.56 Å². The minimum Gasteiger partial charge on any atom is -0.481 e. The van der Waals surface area contributed by atoms with E-state index in [0.717, 1.165) is 31.5 Å². The number of aliphatic carboxylic acids is 1. The summed E-state index contributed by atoms with van der Waals surface area (Å²) in [7, 11) is 0. The molecule has 0 atom stereocenters. The fraction of sp³-hybridized carbons (Fsp3) is 0.538. The van der Waals surface area contributed by atoms with Crippen LogP contribution in [-0.2, 0) is 4.79 Å². The number of hydrogen-bond acceptors (Lipinski definition) is 3. The van der Waals surface area contributed by atoms with E-state index in [0.29, 0.717) is 6.04 Å². The number of aromatic nitrogens is 1. The highest BCUT2D eigenvalue weighted by Gasteiger charge is 2.25. The second-order valence-corrected chi connectivity index (χ2v) is 4.75. The Balaban J connectivity index is 1.88. The lowest BCUT2D eigenvalue weighted by molar-refractivity contribution is -0.142. The normalized spacial score (nSPS) is 24.3. The molecule has 0 radical (unpaired) electrons. The molecule has 0 unspecified atom stereocenters. The van der Waals surface area contributed by atoms with Crippen molar-refractivity contribution in [3.05, 3.63) is 23.9 Å². The van der Waals surface area contributed by atoms with E-state index in [2.05, 4.69) is 10.3 Å². The van der Waals surface area contributed by atoms with Crippen molar-refractivity contribution in [1.29, 1.82) is 0 Å². The van der Waals surface area contributed by atoms with Gasteiger partial charge in [0.25, 0.3) is 0 Å². The monoisotopic (exact) mass is 234 g/mol. The Morgan fingerprint density at radius 3 is 2.71 bits per heavy atom. The van der Waals surface area contributed by atoms with Gasteiger partial charge < -0.3 is 10.4 Å². The van der Waals surface area contributed by atoms with Crippen LogP contribution in [0.25, 0.3) is 0 Å². The average molecular weight is 234 g/mol. The van der Waals surface area contributed by atoms with E-state index in [1.807, 2.05) is 19.1 Å². The van der Waals surface area contributed by atoms with Crippen molar-refractivity contribution in [3.63, 3.8) is 0 Å². The fourth-order valence-electron chi connectivity index (χ4n) is 2.31. The molecule has 0 bridgehead atoms. The lowest BCUT2D eigenvalue weighted by atomic mass is 9.86. The molecule has 0 aliphatic heterocycles. The van der Waals surface area contributed by atoms with E-state index in [1.54, 1.807) is 6.20 Å². The molecule has 2 rings (SSSR count). The number of pyridine rings is 1. The molecule has 1 aliphatic rings. The number of hydrogen-bond donors (Lipinski definition) is 2. The molecule has 1 heterocycles. The van der Waals surface area contributed by atoms with Crippen molar-refractivity contribution in [2.45, 2.75) is 38.6 Å². The average Bonchev–Trinajstić information content (AvgIpc) is 2.29. The Labute approximate surface area is 101 Å². The van der Waals surface area contributed by atoms with Gasteiger partial charge in [-0.3, -0.25) is 4.79 Å². The van der Waals surface area contributed by atoms with E-state index in [-0.39, 0.29) is 5.92 Å². The molecule has 92 valence electrons. The third kappa shape index (κ3) is 3.19.